The predicted octanol–water partition coefficient (Wildman–Crippen LogP) is 12.3. The van der Waals surface area contributed by atoms with Crippen molar-refractivity contribution in [2.75, 3.05) is 0 Å². The molecule has 0 aliphatic rings. The number of nitrogens with zero attached hydrogens (tertiary/aromatic N) is 5. The van der Waals surface area contributed by atoms with Gasteiger partial charge in [-0.25, -0.2) is 15.0 Å². The Labute approximate surface area is 320 Å². The number of rotatable bonds is 8. The molecule has 0 radical (unpaired) electrons. The maximum atomic E-state index is 5.17. The van der Waals surface area contributed by atoms with E-state index in [1.165, 1.54) is 5.56 Å². The molecule has 55 heavy (non-hydrogen) atoms. The van der Waals surface area contributed by atoms with Crippen molar-refractivity contribution >= 4 is 0 Å². The van der Waals surface area contributed by atoms with Gasteiger partial charge in [0.1, 0.15) is 0 Å². The molecule has 0 amide bonds. The van der Waals surface area contributed by atoms with Crippen LogP contribution in [0.2, 0.25) is 0 Å². The molecule has 0 saturated heterocycles. The smallest absolute Gasteiger partial charge is 0.164 e. The minimum atomic E-state index is 0.602. The van der Waals surface area contributed by atoms with Crippen LogP contribution in [0.15, 0.2) is 195 Å². The van der Waals surface area contributed by atoms with Gasteiger partial charge >= 0.3 is 0 Å². The molecule has 9 rings (SSSR count). The Kier molecular flexibility index (Phi) is 9.09. The van der Waals surface area contributed by atoms with Crippen molar-refractivity contribution < 1.29 is 0 Å². The van der Waals surface area contributed by atoms with E-state index in [4.69, 9.17) is 15.0 Å². The molecule has 2 aromatic heterocycles. The number of hydrogen-bond acceptors (Lipinski definition) is 5. The molecule has 0 bridgehead atoms. The molecule has 5 nitrogen and oxygen atoms in total. The van der Waals surface area contributed by atoms with Crippen LogP contribution in [0.5, 0.6) is 0 Å². The fourth-order valence-electron chi connectivity index (χ4n) is 6.77. The molecular formula is C50H35N5. The maximum Gasteiger partial charge on any atom is 0.164 e. The van der Waals surface area contributed by atoms with Crippen LogP contribution in [0, 0.1) is 6.92 Å². The second-order valence-corrected chi connectivity index (χ2v) is 13.5. The van der Waals surface area contributed by atoms with Crippen molar-refractivity contribution in [3.8, 4) is 89.9 Å². The topological polar surface area (TPSA) is 64.5 Å². The van der Waals surface area contributed by atoms with Gasteiger partial charge in [-0.1, -0.05) is 163 Å². The Hall–Kier alpha value is -7.37. The standard InChI is InChI=1S/C50H35N5/c1-34-12-14-39(15-13-34)44-30-45(40-16-22-41(23-17-40)47-33-51-28-29-52-47)32-46(31-44)50-54-48(42-24-18-37(19-25-42)35-8-4-2-5-9-35)53-49(55-50)43-26-20-38(21-27-43)36-10-6-3-7-11-36/h2-33H,1H3. The van der Waals surface area contributed by atoms with Crippen molar-refractivity contribution in [3.05, 3.63) is 200 Å². The summed E-state index contributed by atoms with van der Waals surface area (Å²) >= 11 is 0. The summed E-state index contributed by atoms with van der Waals surface area (Å²) in [6, 6.07) is 61.3. The van der Waals surface area contributed by atoms with E-state index >= 15 is 0 Å². The third-order valence-electron chi connectivity index (χ3n) is 9.79. The Bertz CT molecular complexity index is 2590. The molecule has 0 saturated carbocycles. The minimum absolute atomic E-state index is 0.602. The number of hydrogen-bond donors (Lipinski definition) is 0. The first-order valence-electron chi connectivity index (χ1n) is 18.3. The van der Waals surface area contributed by atoms with Crippen LogP contribution >= 0.6 is 0 Å². The highest BCUT2D eigenvalue weighted by atomic mass is 15.0. The first-order valence-corrected chi connectivity index (χ1v) is 18.3. The van der Waals surface area contributed by atoms with Crippen molar-refractivity contribution in [1.82, 2.24) is 24.9 Å². The fraction of sp³-hybridized carbons (Fsp3) is 0.0200. The van der Waals surface area contributed by atoms with E-state index in [0.717, 1.165) is 72.5 Å². The zero-order chi connectivity index (χ0) is 37.0. The first kappa shape index (κ1) is 33.5. The molecule has 0 unspecified atom stereocenters. The number of benzene rings is 7. The molecule has 0 atom stereocenters. The summed E-state index contributed by atoms with van der Waals surface area (Å²) in [5.74, 6) is 1.83. The Morgan fingerprint density at radius 1 is 0.309 bits per heavy atom. The minimum Gasteiger partial charge on any atom is -0.261 e. The van der Waals surface area contributed by atoms with Gasteiger partial charge in [-0.15, -0.1) is 0 Å². The van der Waals surface area contributed by atoms with E-state index in [0.29, 0.717) is 17.5 Å². The van der Waals surface area contributed by atoms with Crippen LogP contribution in [-0.2, 0) is 0 Å². The monoisotopic (exact) mass is 705 g/mol. The van der Waals surface area contributed by atoms with Gasteiger partial charge in [-0.2, -0.15) is 0 Å². The van der Waals surface area contributed by atoms with Gasteiger partial charge in [0.05, 0.1) is 11.9 Å². The molecule has 5 heteroatoms. The molecule has 0 fully saturated rings. The largest absolute Gasteiger partial charge is 0.261 e. The van der Waals surface area contributed by atoms with Crippen LogP contribution in [0.25, 0.3) is 89.9 Å². The molecule has 0 spiro atoms. The second kappa shape index (κ2) is 14.9. The normalized spacial score (nSPS) is 11.0. The Morgan fingerprint density at radius 3 is 1.13 bits per heavy atom. The summed E-state index contributed by atoms with van der Waals surface area (Å²) in [6.45, 7) is 2.11. The van der Waals surface area contributed by atoms with Crippen LogP contribution in [0.4, 0.5) is 0 Å². The lowest BCUT2D eigenvalue weighted by Crippen LogP contribution is -2.01. The molecule has 9 aromatic rings. The lowest BCUT2D eigenvalue weighted by atomic mass is 9.94. The van der Waals surface area contributed by atoms with Crippen LogP contribution in [-0.4, -0.2) is 24.9 Å². The number of aryl methyl sites for hydroxylation is 1. The SMILES string of the molecule is Cc1ccc(-c2cc(-c3ccc(-c4cnccn4)cc3)cc(-c3nc(-c4ccc(-c5ccccc5)cc4)nc(-c4ccc(-c5ccccc5)cc4)n3)c2)cc1. The molecule has 2 heterocycles. The van der Waals surface area contributed by atoms with Gasteiger partial charge in [-0.05, 0) is 69.6 Å². The van der Waals surface area contributed by atoms with E-state index in [2.05, 4.69) is 181 Å². The van der Waals surface area contributed by atoms with Gasteiger partial charge in [-0.3, -0.25) is 9.97 Å². The van der Waals surface area contributed by atoms with E-state index in [1.807, 2.05) is 12.1 Å². The highest BCUT2D eigenvalue weighted by Gasteiger charge is 2.16. The summed E-state index contributed by atoms with van der Waals surface area (Å²) in [5, 5.41) is 0. The van der Waals surface area contributed by atoms with Crippen LogP contribution in [0.3, 0.4) is 0 Å². The summed E-state index contributed by atoms with van der Waals surface area (Å²) in [5.41, 5.74) is 14.7. The first-order chi connectivity index (χ1) is 27.1. The third kappa shape index (κ3) is 7.32. The highest BCUT2D eigenvalue weighted by Crippen LogP contribution is 2.35. The fourth-order valence-corrected chi connectivity index (χ4v) is 6.77. The average molecular weight is 706 g/mol. The average Bonchev–Trinajstić information content (AvgIpc) is 3.27. The van der Waals surface area contributed by atoms with Crippen molar-refractivity contribution in [3.63, 3.8) is 0 Å². The van der Waals surface area contributed by atoms with Crippen LogP contribution < -0.4 is 0 Å². The predicted molar refractivity (Wildman–Crippen MR) is 224 cm³/mol. The van der Waals surface area contributed by atoms with Crippen LogP contribution in [0.1, 0.15) is 5.56 Å². The van der Waals surface area contributed by atoms with E-state index in [-0.39, 0.29) is 0 Å². The Balaban J connectivity index is 1.18. The van der Waals surface area contributed by atoms with E-state index < -0.39 is 0 Å². The zero-order valence-electron chi connectivity index (χ0n) is 30.2. The molecule has 260 valence electrons. The van der Waals surface area contributed by atoms with Crippen molar-refractivity contribution in [2.24, 2.45) is 0 Å². The van der Waals surface area contributed by atoms with E-state index in [9.17, 15) is 0 Å². The number of aromatic nitrogens is 5. The molecular weight excluding hydrogens is 671 g/mol. The van der Waals surface area contributed by atoms with Gasteiger partial charge in [0.2, 0.25) is 0 Å². The van der Waals surface area contributed by atoms with Gasteiger partial charge in [0.25, 0.3) is 0 Å². The summed E-state index contributed by atoms with van der Waals surface area (Å²) in [7, 11) is 0. The van der Waals surface area contributed by atoms with Crippen molar-refractivity contribution in [2.45, 2.75) is 6.92 Å². The van der Waals surface area contributed by atoms with Gasteiger partial charge in [0.15, 0.2) is 17.5 Å². The third-order valence-corrected chi connectivity index (χ3v) is 9.79. The quantitative estimate of drug-likeness (QED) is 0.157. The van der Waals surface area contributed by atoms with Gasteiger partial charge in [0, 0.05) is 34.6 Å². The highest BCUT2D eigenvalue weighted by molar-refractivity contribution is 5.81. The van der Waals surface area contributed by atoms with Gasteiger partial charge < -0.3 is 0 Å². The van der Waals surface area contributed by atoms with E-state index in [1.54, 1.807) is 18.6 Å². The second-order valence-electron chi connectivity index (χ2n) is 13.5. The lowest BCUT2D eigenvalue weighted by Gasteiger charge is -2.13. The zero-order valence-corrected chi connectivity index (χ0v) is 30.2. The summed E-state index contributed by atoms with van der Waals surface area (Å²) < 4.78 is 0. The lowest BCUT2D eigenvalue weighted by molar-refractivity contribution is 1.07. The summed E-state index contributed by atoms with van der Waals surface area (Å²) in [4.78, 5) is 24.2. The Morgan fingerprint density at radius 2 is 0.673 bits per heavy atom. The molecule has 0 N–H and O–H groups in total. The molecule has 0 aliphatic heterocycles. The van der Waals surface area contributed by atoms with Crippen molar-refractivity contribution in [1.29, 1.82) is 0 Å². The molecule has 0 aliphatic carbocycles. The maximum absolute atomic E-state index is 5.17. The molecule has 7 aromatic carbocycles. The summed E-state index contributed by atoms with van der Waals surface area (Å²) in [6.07, 6.45) is 5.19.